The lowest BCUT2D eigenvalue weighted by Crippen LogP contribution is -2.10. The zero-order chi connectivity index (χ0) is 18.8. The smallest absolute Gasteiger partial charge is 0.267 e. The fourth-order valence-electron chi connectivity index (χ4n) is 2.45. The van der Waals surface area contributed by atoms with Crippen LogP contribution >= 0.6 is 0 Å². The highest BCUT2D eigenvalue weighted by molar-refractivity contribution is 7.91. The van der Waals surface area contributed by atoms with Crippen molar-refractivity contribution in [3.05, 3.63) is 63.2 Å². The second kappa shape index (κ2) is 6.94. The van der Waals surface area contributed by atoms with Gasteiger partial charge in [-0.1, -0.05) is 19.1 Å². The first kappa shape index (κ1) is 18.5. The Hall–Kier alpha value is -2.87. The molecular weight excluding hydrogens is 344 g/mol. The summed E-state index contributed by atoms with van der Waals surface area (Å²) in [6.07, 6.45) is 0.310. The van der Waals surface area contributed by atoms with Crippen molar-refractivity contribution in [3.8, 4) is 0 Å². The first-order chi connectivity index (χ1) is 11.7. The molecule has 0 N–H and O–H groups in total. The molecule has 0 aliphatic heterocycles. The SMILES string of the molecule is C=NC(=O)c1cc([N+](=O)[O-])c(S(=O)(=O)c2cccc(C)c2)cc1CC. The molecule has 0 aromatic heterocycles. The number of nitro benzene ring substituents is 1. The van der Waals surface area contributed by atoms with E-state index in [-0.39, 0.29) is 10.5 Å². The van der Waals surface area contributed by atoms with E-state index in [9.17, 15) is 23.3 Å². The van der Waals surface area contributed by atoms with Gasteiger partial charge in [0.05, 0.1) is 15.4 Å². The van der Waals surface area contributed by atoms with Crippen molar-refractivity contribution in [2.75, 3.05) is 0 Å². The predicted octanol–water partition coefficient (Wildman–Crippen LogP) is 3.14. The third kappa shape index (κ3) is 3.48. The fraction of sp³-hybridized carbons (Fsp3) is 0.176. The lowest BCUT2D eigenvalue weighted by molar-refractivity contribution is -0.387. The largest absolute Gasteiger partial charge is 0.289 e. The second-order valence-electron chi connectivity index (χ2n) is 5.37. The summed E-state index contributed by atoms with van der Waals surface area (Å²) in [6, 6.07) is 8.24. The van der Waals surface area contributed by atoms with E-state index in [1.165, 1.54) is 18.2 Å². The Morgan fingerprint density at radius 2 is 1.96 bits per heavy atom. The minimum atomic E-state index is -4.12. The van der Waals surface area contributed by atoms with E-state index in [1.807, 2.05) is 0 Å². The highest BCUT2D eigenvalue weighted by Crippen LogP contribution is 2.33. The Kier molecular flexibility index (Phi) is 5.13. The van der Waals surface area contributed by atoms with Crippen LogP contribution in [0.25, 0.3) is 0 Å². The number of aryl methyl sites for hydroxylation is 2. The molecule has 0 saturated heterocycles. The molecule has 8 heteroatoms. The lowest BCUT2D eigenvalue weighted by Gasteiger charge is -2.10. The Morgan fingerprint density at radius 1 is 1.28 bits per heavy atom. The number of rotatable bonds is 5. The minimum absolute atomic E-state index is 0.0209. The van der Waals surface area contributed by atoms with Gasteiger partial charge in [-0.05, 0) is 49.4 Å². The summed E-state index contributed by atoms with van der Waals surface area (Å²) < 4.78 is 25.8. The van der Waals surface area contributed by atoms with E-state index >= 15 is 0 Å². The van der Waals surface area contributed by atoms with Crippen LogP contribution in [0.4, 0.5) is 5.69 Å². The minimum Gasteiger partial charge on any atom is -0.267 e. The Labute approximate surface area is 145 Å². The van der Waals surface area contributed by atoms with Gasteiger partial charge in [0.1, 0.15) is 4.90 Å². The van der Waals surface area contributed by atoms with Gasteiger partial charge in [0, 0.05) is 6.07 Å². The maximum atomic E-state index is 12.9. The van der Waals surface area contributed by atoms with Gasteiger partial charge >= 0.3 is 0 Å². The van der Waals surface area contributed by atoms with Crippen LogP contribution < -0.4 is 0 Å². The van der Waals surface area contributed by atoms with Gasteiger partial charge in [-0.2, -0.15) is 0 Å². The van der Waals surface area contributed by atoms with Gasteiger partial charge in [0.2, 0.25) is 9.84 Å². The average Bonchev–Trinajstić information content (AvgIpc) is 2.59. The Bertz CT molecular complexity index is 981. The number of sulfone groups is 1. The standard InChI is InChI=1S/C17H16N2O5S/c1-4-12-9-16(15(19(21)22)10-14(12)17(20)18-3)25(23,24)13-7-5-6-11(2)8-13/h5-10H,3-4H2,1-2H3. The average molecular weight is 360 g/mol. The van der Waals surface area contributed by atoms with Crippen molar-refractivity contribution >= 4 is 28.1 Å². The molecule has 0 aliphatic carbocycles. The van der Waals surface area contributed by atoms with E-state index in [1.54, 1.807) is 26.0 Å². The number of carbonyl (C=O) groups is 1. The Morgan fingerprint density at radius 3 is 2.48 bits per heavy atom. The van der Waals surface area contributed by atoms with Gasteiger partial charge in [-0.25, -0.2) is 13.4 Å². The van der Waals surface area contributed by atoms with E-state index in [4.69, 9.17) is 0 Å². The van der Waals surface area contributed by atoms with Crippen LogP contribution in [0.5, 0.6) is 0 Å². The number of amides is 1. The van der Waals surface area contributed by atoms with Crippen molar-refractivity contribution in [1.82, 2.24) is 0 Å². The van der Waals surface area contributed by atoms with Crippen molar-refractivity contribution in [2.24, 2.45) is 4.99 Å². The number of benzene rings is 2. The number of nitro groups is 1. The van der Waals surface area contributed by atoms with Crippen molar-refractivity contribution in [3.63, 3.8) is 0 Å². The molecule has 1 amide bonds. The summed E-state index contributed by atoms with van der Waals surface area (Å²) in [7, 11) is -4.12. The van der Waals surface area contributed by atoms with E-state index < -0.39 is 31.3 Å². The van der Waals surface area contributed by atoms with Crippen LogP contribution in [0.15, 0.2) is 51.2 Å². The Balaban J connectivity index is 2.82. The van der Waals surface area contributed by atoms with Gasteiger partial charge < -0.3 is 0 Å². The summed E-state index contributed by atoms with van der Waals surface area (Å²) in [6.45, 7) is 6.56. The molecule has 130 valence electrons. The van der Waals surface area contributed by atoms with Crippen LogP contribution in [0.2, 0.25) is 0 Å². The molecule has 0 saturated carbocycles. The molecule has 0 spiro atoms. The molecule has 0 unspecified atom stereocenters. The zero-order valence-electron chi connectivity index (χ0n) is 13.7. The molecule has 0 bridgehead atoms. The van der Waals surface area contributed by atoms with Crippen LogP contribution in [0.1, 0.15) is 28.4 Å². The van der Waals surface area contributed by atoms with Gasteiger partial charge in [0.25, 0.3) is 11.6 Å². The van der Waals surface area contributed by atoms with Crippen molar-refractivity contribution in [1.29, 1.82) is 0 Å². The van der Waals surface area contributed by atoms with Gasteiger partial charge in [-0.15, -0.1) is 0 Å². The van der Waals surface area contributed by atoms with Crippen molar-refractivity contribution < 1.29 is 18.1 Å². The van der Waals surface area contributed by atoms with Crippen LogP contribution in [0, 0.1) is 17.0 Å². The van der Waals surface area contributed by atoms with Crippen LogP contribution in [-0.4, -0.2) is 26.0 Å². The summed E-state index contributed by atoms with van der Waals surface area (Å²) in [5.41, 5.74) is 0.384. The van der Waals surface area contributed by atoms with Gasteiger partial charge in [-0.3, -0.25) is 14.9 Å². The molecule has 0 radical (unpaired) electrons. The summed E-state index contributed by atoms with van der Waals surface area (Å²) in [5.74, 6) is -0.737. The number of carbonyl (C=O) groups excluding carboxylic acids is 1. The van der Waals surface area contributed by atoms with E-state index in [0.29, 0.717) is 17.5 Å². The zero-order valence-corrected chi connectivity index (χ0v) is 14.5. The number of hydrogen-bond acceptors (Lipinski definition) is 5. The van der Waals surface area contributed by atoms with Crippen molar-refractivity contribution in [2.45, 2.75) is 30.1 Å². The second-order valence-corrected chi connectivity index (χ2v) is 7.29. The number of aliphatic imine (C=N–C) groups is 1. The highest BCUT2D eigenvalue weighted by Gasteiger charge is 2.30. The first-order valence-corrected chi connectivity index (χ1v) is 8.84. The molecule has 2 aromatic rings. The maximum Gasteiger partial charge on any atom is 0.289 e. The van der Waals surface area contributed by atoms with Gasteiger partial charge in [0.15, 0.2) is 0 Å². The fourth-order valence-corrected chi connectivity index (χ4v) is 4.01. The monoisotopic (exact) mass is 360 g/mol. The van der Waals surface area contributed by atoms with E-state index in [0.717, 1.165) is 6.07 Å². The highest BCUT2D eigenvalue weighted by atomic mass is 32.2. The molecule has 2 rings (SSSR count). The maximum absolute atomic E-state index is 12.9. The lowest BCUT2D eigenvalue weighted by atomic mass is 10.0. The summed E-state index contributed by atoms with van der Waals surface area (Å²) in [5, 5.41) is 11.4. The molecule has 7 nitrogen and oxygen atoms in total. The summed E-state index contributed by atoms with van der Waals surface area (Å²) >= 11 is 0. The third-order valence-corrected chi connectivity index (χ3v) is 5.51. The predicted molar refractivity (Wildman–Crippen MR) is 93.0 cm³/mol. The normalized spacial score (nSPS) is 11.1. The number of nitrogens with zero attached hydrogens (tertiary/aromatic N) is 2. The van der Waals surface area contributed by atoms with Crippen LogP contribution in [0.3, 0.4) is 0 Å². The third-order valence-electron chi connectivity index (χ3n) is 3.73. The molecule has 2 aromatic carbocycles. The van der Waals surface area contributed by atoms with Crippen LogP contribution in [-0.2, 0) is 16.3 Å². The molecule has 0 fully saturated rings. The summed E-state index contributed by atoms with van der Waals surface area (Å²) in [4.78, 5) is 25.2. The molecule has 0 atom stereocenters. The first-order valence-electron chi connectivity index (χ1n) is 7.36. The molecule has 0 heterocycles. The van der Waals surface area contributed by atoms with E-state index in [2.05, 4.69) is 11.7 Å². The number of hydrogen-bond donors (Lipinski definition) is 0. The molecule has 25 heavy (non-hydrogen) atoms. The molecule has 0 aliphatic rings. The topological polar surface area (TPSA) is 107 Å². The quantitative estimate of drug-likeness (QED) is 0.462. The molecular formula is C17H16N2O5S.